The third kappa shape index (κ3) is 9.39. The molecule has 1 fully saturated rings. The Bertz CT molecular complexity index is 2090. The fourth-order valence-corrected chi connectivity index (χ4v) is 6.19. The van der Waals surface area contributed by atoms with Gasteiger partial charge >= 0.3 is 0 Å². The van der Waals surface area contributed by atoms with Gasteiger partial charge in [-0.15, -0.1) is 0 Å². The minimum Gasteiger partial charge on any atom is -0.508 e. The van der Waals surface area contributed by atoms with Gasteiger partial charge in [0.15, 0.2) is 0 Å². The lowest BCUT2D eigenvalue weighted by Gasteiger charge is -2.41. The largest absolute Gasteiger partial charge is 0.508 e. The number of phenols is 1. The van der Waals surface area contributed by atoms with Gasteiger partial charge in [-0.05, 0) is 79.4 Å². The molecule has 0 spiro atoms. The van der Waals surface area contributed by atoms with Crippen LogP contribution in [0.5, 0.6) is 17.2 Å². The third-order valence-electron chi connectivity index (χ3n) is 8.86. The van der Waals surface area contributed by atoms with E-state index in [1.807, 2.05) is 79.7 Å². The van der Waals surface area contributed by atoms with E-state index in [4.69, 9.17) is 24.7 Å². The summed E-state index contributed by atoms with van der Waals surface area (Å²) in [5, 5.41) is 22.8. The molecule has 1 unspecified atom stereocenters. The molecule has 0 saturated carbocycles. The molecule has 7 rings (SSSR count). The lowest BCUT2D eigenvalue weighted by atomic mass is 10.0. The highest BCUT2D eigenvalue weighted by molar-refractivity contribution is 5.58. The minimum absolute atomic E-state index is 0.00811. The van der Waals surface area contributed by atoms with Gasteiger partial charge in [-0.2, -0.15) is 29.9 Å². The van der Waals surface area contributed by atoms with Crippen LogP contribution in [0.1, 0.15) is 18.1 Å². The molecule has 0 amide bonds. The first-order valence-corrected chi connectivity index (χ1v) is 18.1. The molecule has 0 bridgehead atoms. The number of aromatic nitrogens is 6. The van der Waals surface area contributed by atoms with E-state index in [0.717, 1.165) is 35.6 Å². The molecule has 14 heteroatoms. The summed E-state index contributed by atoms with van der Waals surface area (Å²) in [6.07, 6.45) is 1.51. The Balaban J connectivity index is 1.10. The van der Waals surface area contributed by atoms with Crippen LogP contribution in [0.2, 0.25) is 0 Å². The van der Waals surface area contributed by atoms with Crippen molar-refractivity contribution in [3.8, 4) is 17.2 Å². The second-order valence-corrected chi connectivity index (χ2v) is 12.7. The van der Waals surface area contributed by atoms with E-state index in [1.54, 1.807) is 19.2 Å². The highest BCUT2D eigenvalue weighted by Gasteiger charge is 2.31. The van der Waals surface area contributed by atoms with Gasteiger partial charge in [0.05, 0.1) is 6.04 Å². The van der Waals surface area contributed by atoms with Gasteiger partial charge in [0.1, 0.15) is 17.2 Å². The SMILES string of the molecule is CCNc1nc(NCCc2ccc(O)cc2)nc(N2CCN(c3nc(NC)nc(Nc4ccc(Oc5ccccc5)cc4)n3)CC2Cc2ccccc2)n1. The van der Waals surface area contributed by atoms with Crippen molar-refractivity contribution in [1.29, 1.82) is 0 Å². The van der Waals surface area contributed by atoms with E-state index in [-0.39, 0.29) is 11.8 Å². The van der Waals surface area contributed by atoms with Crippen molar-refractivity contribution in [2.24, 2.45) is 0 Å². The summed E-state index contributed by atoms with van der Waals surface area (Å²) in [6, 6.07) is 35.0. The van der Waals surface area contributed by atoms with Crippen LogP contribution >= 0.6 is 0 Å². The van der Waals surface area contributed by atoms with Gasteiger partial charge in [-0.3, -0.25) is 0 Å². The minimum atomic E-state index is -0.00811. The van der Waals surface area contributed by atoms with E-state index < -0.39 is 0 Å². The van der Waals surface area contributed by atoms with Crippen molar-refractivity contribution in [1.82, 2.24) is 29.9 Å². The van der Waals surface area contributed by atoms with E-state index in [9.17, 15) is 5.11 Å². The molecule has 276 valence electrons. The number of para-hydroxylation sites is 1. The average Bonchev–Trinajstić information content (AvgIpc) is 3.20. The number of nitrogens with one attached hydrogen (secondary N) is 4. The van der Waals surface area contributed by atoms with Crippen molar-refractivity contribution < 1.29 is 9.84 Å². The zero-order valence-electron chi connectivity index (χ0n) is 30.4. The third-order valence-corrected chi connectivity index (χ3v) is 8.86. The molecule has 54 heavy (non-hydrogen) atoms. The van der Waals surface area contributed by atoms with Crippen LogP contribution in [0, 0.1) is 0 Å². The lowest BCUT2D eigenvalue weighted by Crippen LogP contribution is -2.55. The molecule has 1 aliphatic heterocycles. The predicted molar refractivity (Wildman–Crippen MR) is 213 cm³/mol. The van der Waals surface area contributed by atoms with Crippen LogP contribution < -0.4 is 35.8 Å². The predicted octanol–water partition coefficient (Wildman–Crippen LogP) is 6.36. The molecule has 5 N–H and O–H groups in total. The van der Waals surface area contributed by atoms with Crippen LogP contribution in [0.4, 0.5) is 41.4 Å². The standard InChI is InChI=1S/C40H44N12O2/c1-3-42-36-46-37(43-23-22-28-14-18-32(53)19-15-28)49-40(48-36)52-25-24-51(27-31(52)26-29-10-6-4-7-11-29)39-47-35(41-2)45-38(50-39)44-30-16-20-34(21-17-30)54-33-12-8-5-9-13-33/h4-21,31,53H,3,22-27H2,1-2H3,(H2,41,44,45,47,50)(H2,42,43,46,48,49). The van der Waals surface area contributed by atoms with E-state index in [2.05, 4.69) is 65.3 Å². The quantitative estimate of drug-likeness (QED) is 0.0795. The molecule has 14 nitrogen and oxygen atoms in total. The summed E-state index contributed by atoms with van der Waals surface area (Å²) in [5.74, 6) is 4.83. The molecular formula is C40H44N12O2. The molecule has 6 aromatic rings. The molecule has 0 radical (unpaired) electrons. The second kappa shape index (κ2) is 17.2. The first-order valence-electron chi connectivity index (χ1n) is 18.1. The molecule has 1 saturated heterocycles. The Hall–Kier alpha value is -6.70. The summed E-state index contributed by atoms with van der Waals surface area (Å²) in [7, 11) is 1.80. The van der Waals surface area contributed by atoms with Crippen LogP contribution in [0.15, 0.2) is 109 Å². The van der Waals surface area contributed by atoms with Crippen LogP contribution in [0.25, 0.3) is 0 Å². The average molecular weight is 725 g/mol. The molecule has 2 aromatic heterocycles. The van der Waals surface area contributed by atoms with Gasteiger partial charge in [0.2, 0.25) is 35.7 Å². The Kier molecular flexibility index (Phi) is 11.4. The van der Waals surface area contributed by atoms with E-state index >= 15 is 0 Å². The van der Waals surface area contributed by atoms with Gasteiger partial charge in [-0.1, -0.05) is 60.7 Å². The number of hydrogen-bond donors (Lipinski definition) is 5. The molecule has 0 aliphatic carbocycles. The van der Waals surface area contributed by atoms with Crippen molar-refractivity contribution >= 4 is 41.4 Å². The number of anilines is 7. The summed E-state index contributed by atoms with van der Waals surface area (Å²) in [4.78, 5) is 33.1. The van der Waals surface area contributed by atoms with Crippen LogP contribution in [-0.2, 0) is 12.8 Å². The molecule has 1 aliphatic rings. The number of rotatable bonds is 15. The number of hydrogen-bond acceptors (Lipinski definition) is 14. The molecule has 1 atom stereocenters. The monoisotopic (exact) mass is 724 g/mol. The number of ether oxygens (including phenoxy) is 1. The number of piperazine rings is 1. The van der Waals surface area contributed by atoms with Gasteiger partial charge in [0.25, 0.3) is 0 Å². The second-order valence-electron chi connectivity index (χ2n) is 12.7. The summed E-state index contributed by atoms with van der Waals surface area (Å²) in [5.41, 5.74) is 3.13. The smallest absolute Gasteiger partial charge is 0.233 e. The Morgan fingerprint density at radius 3 is 2.04 bits per heavy atom. The normalized spacial score (nSPS) is 14.0. The highest BCUT2D eigenvalue weighted by atomic mass is 16.5. The Morgan fingerprint density at radius 2 is 1.31 bits per heavy atom. The maximum absolute atomic E-state index is 9.65. The van der Waals surface area contributed by atoms with E-state index in [0.29, 0.717) is 68.4 Å². The van der Waals surface area contributed by atoms with Crippen LogP contribution in [0.3, 0.4) is 0 Å². The maximum atomic E-state index is 9.65. The zero-order chi connectivity index (χ0) is 37.1. The van der Waals surface area contributed by atoms with Gasteiger partial charge in [0, 0.05) is 45.5 Å². The van der Waals surface area contributed by atoms with Crippen molar-refractivity contribution in [3.05, 3.63) is 120 Å². The molecule has 4 aromatic carbocycles. The fourth-order valence-electron chi connectivity index (χ4n) is 6.19. The summed E-state index contributed by atoms with van der Waals surface area (Å²) >= 11 is 0. The topological polar surface area (TPSA) is 161 Å². The van der Waals surface area contributed by atoms with Crippen LogP contribution in [-0.4, -0.2) is 80.8 Å². The number of aromatic hydroxyl groups is 1. The molecular weight excluding hydrogens is 681 g/mol. The fraction of sp³-hybridized carbons (Fsp3) is 0.250. The first-order chi connectivity index (χ1) is 26.5. The molecule has 3 heterocycles. The number of benzene rings is 4. The maximum Gasteiger partial charge on any atom is 0.233 e. The lowest BCUT2D eigenvalue weighted by molar-refractivity contribution is 0.475. The van der Waals surface area contributed by atoms with Crippen molar-refractivity contribution in [3.63, 3.8) is 0 Å². The van der Waals surface area contributed by atoms with E-state index in [1.165, 1.54) is 5.56 Å². The number of nitrogens with zero attached hydrogens (tertiary/aromatic N) is 8. The van der Waals surface area contributed by atoms with Crippen molar-refractivity contribution in [2.45, 2.75) is 25.8 Å². The Morgan fingerprint density at radius 1 is 0.667 bits per heavy atom. The number of phenolic OH excluding ortho intramolecular Hbond substituents is 1. The zero-order valence-corrected chi connectivity index (χ0v) is 30.4. The first kappa shape index (κ1) is 35.7. The van der Waals surface area contributed by atoms with Gasteiger partial charge < -0.3 is 40.9 Å². The highest BCUT2D eigenvalue weighted by Crippen LogP contribution is 2.27. The van der Waals surface area contributed by atoms with Gasteiger partial charge in [-0.25, -0.2) is 0 Å². The summed E-state index contributed by atoms with van der Waals surface area (Å²) in [6.45, 7) is 5.20. The Labute approximate surface area is 314 Å². The van der Waals surface area contributed by atoms with Crippen molar-refractivity contribution in [2.75, 3.05) is 70.8 Å². The summed E-state index contributed by atoms with van der Waals surface area (Å²) < 4.78 is 5.96.